The summed E-state index contributed by atoms with van der Waals surface area (Å²) in [5.41, 5.74) is 5.94. The SMILES string of the molecule is C/C1=C/C=C/C(C)C[C@@H](C)C(O)[C@@H](C)[C@H](OC(=O)CN(N)/C=C(\N)C(C)(C)C)[C@H](C)C/C=C/O[C@@]2(C)Oc3c(C)c(O)c4c(O)c(c5c(c4c3C2=O)=NC2(CCN(CC(C)C)CC2)N=5)NC1=O.CO. The lowest BCUT2D eigenvalue weighted by atomic mass is 9.80. The standard InChI is InChI=1S/C51H73N7O9.CH4O/c1-27(2)24-57-20-18-51(19-21-57)55-39-36-37-43(61)33(8)46-38(36)47(63)50(12,67-46)65-22-14-17-29(4)45(66-35(59)26-58(53)25-34(52)49(9,10)11)32(7)42(60)31(6)23-28(3)15-13-16-30(5)48(64)54-41(44(37)62)40(39)56-51;1-2/h13-16,22,25,27-29,31-32,42,45,60-62H,17-21,23-24,26,52-53H2,1-12H3,(H,54,64);2H,1H3/b15-13+,22-14+,30-16-,34-25-;/t28?,29-,31-,32-,42?,45-,50+;/m1./s1. The third-order valence-electron chi connectivity index (χ3n) is 13.7. The molecule has 5 bridgehead atoms. The number of aromatic hydroxyl groups is 2. The Morgan fingerprint density at radius 2 is 1.68 bits per heavy atom. The maximum absolute atomic E-state index is 14.8. The predicted molar refractivity (Wildman–Crippen MR) is 265 cm³/mol. The lowest BCUT2D eigenvalue weighted by Crippen LogP contribution is -2.43. The van der Waals surface area contributed by atoms with E-state index < -0.39 is 53.0 Å². The number of phenols is 2. The van der Waals surface area contributed by atoms with Gasteiger partial charge in [0.15, 0.2) is 11.4 Å². The Morgan fingerprint density at radius 3 is 2.30 bits per heavy atom. The fourth-order valence-electron chi connectivity index (χ4n) is 9.56. The van der Waals surface area contributed by atoms with Crippen molar-refractivity contribution in [1.82, 2.24) is 9.91 Å². The van der Waals surface area contributed by atoms with Crippen molar-refractivity contribution in [2.45, 2.75) is 132 Å². The summed E-state index contributed by atoms with van der Waals surface area (Å²) in [6, 6.07) is 0. The van der Waals surface area contributed by atoms with Crippen LogP contribution in [0, 0.1) is 41.9 Å². The van der Waals surface area contributed by atoms with E-state index in [0.29, 0.717) is 42.9 Å². The highest BCUT2D eigenvalue weighted by atomic mass is 16.7. The molecule has 380 valence electrons. The summed E-state index contributed by atoms with van der Waals surface area (Å²) in [5, 5.41) is 47.4. The van der Waals surface area contributed by atoms with Gasteiger partial charge in [0.2, 0.25) is 0 Å². The van der Waals surface area contributed by atoms with Crippen LogP contribution in [0.25, 0.3) is 10.8 Å². The van der Waals surface area contributed by atoms with E-state index >= 15 is 0 Å². The van der Waals surface area contributed by atoms with Gasteiger partial charge in [-0.1, -0.05) is 80.5 Å². The molecule has 1 fully saturated rings. The number of carbonyl (C=O) groups excluding carboxylic acids is 3. The summed E-state index contributed by atoms with van der Waals surface area (Å²) in [7, 11) is 1.00. The van der Waals surface area contributed by atoms with Gasteiger partial charge in [-0.15, -0.1) is 0 Å². The largest absolute Gasteiger partial charge is 0.507 e. The van der Waals surface area contributed by atoms with Crippen LogP contribution in [-0.4, -0.2) is 105 Å². The van der Waals surface area contributed by atoms with Crippen molar-refractivity contribution >= 4 is 34.1 Å². The first-order valence-corrected chi connectivity index (χ1v) is 24.1. The number of allylic oxidation sites excluding steroid dienone is 5. The second-order valence-electron chi connectivity index (χ2n) is 21.0. The normalized spacial score (nSPS) is 28.3. The number of nitrogens with two attached hydrogens (primary N) is 2. The number of esters is 1. The minimum absolute atomic E-state index is 0.0160. The number of piperidine rings is 1. The zero-order valence-corrected chi connectivity index (χ0v) is 42.8. The van der Waals surface area contributed by atoms with Crippen LogP contribution in [0.4, 0.5) is 5.69 Å². The number of nitrogens with one attached hydrogen (secondary N) is 1. The second-order valence-corrected chi connectivity index (χ2v) is 21.0. The minimum atomic E-state index is -1.91. The van der Waals surface area contributed by atoms with Crippen LogP contribution in [0.1, 0.15) is 118 Å². The van der Waals surface area contributed by atoms with E-state index in [2.05, 4.69) is 24.1 Å². The number of amides is 1. The molecular weight excluding hydrogens is 883 g/mol. The van der Waals surface area contributed by atoms with Gasteiger partial charge in [0, 0.05) is 86.3 Å². The number of anilines is 1. The van der Waals surface area contributed by atoms with Crippen molar-refractivity contribution in [3.05, 3.63) is 69.9 Å². The fraction of sp³-hybridized carbons (Fsp3) is 0.596. The van der Waals surface area contributed by atoms with Crippen molar-refractivity contribution in [2.75, 3.05) is 38.6 Å². The number of aliphatic hydroxyl groups excluding tert-OH is 2. The highest BCUT2D eigenvalue weighted by Gasteiger charge is 2.50. The van der Waals surface area contributed by atoms with Gasteiger partial charge in [-0.05, 0) is 56.4 Å². The van der Waals surface area contributed by atoms with E-state index in [-0.39, 0.29) is 79.5 Å². The average molecular weight is 960 g/mol. The number of likely N-dealkylation sites (tertiary alicyclic amines) is 1. The lowest BCUT2D eigenvalue weighted by Gasteiger charge is -2.36. The number of ketones is 1. The van der Waals surface area contributed by atoms with E-state index in [9.17, 15) is 29.7 Å². The molecule has 2 aromatic rings. The van der Waals surface area contributed by atoms with Gasteiger partial charge in [0.25, 0.3) is 11.7 Å². The highest BCUT2D eigenvalue weighted by molar-refractivity contribution is 6.19. The maximum Gasteiger partial charge on any atom is 0.327 e. The van der Waals surface area contributed by atoms with E-state index in [1.807, 2.05) is 54.5 Å². The average Bonchev–Trinajstić information content (AvgIpc) is 3.78. The first-order valence-electron chi connectivity index (χ1n) is 24.1. The molecule has 9 N–H and O–H groups in total. The number of fused-ring (bicyclic) bond motifs is 13. The number of rotatable bonds is 6. The number of benzene rings is 2. The van der Waals surface area contributed by atoms with Gasteiger partial charge in [0.05, 0.1) is 28.7 Å². The van der Waals surface area contributed by atoms with Gasteiger partial charge in [-0.25, -0.2) is 5.84 Å². The van der Waals surface area contributed by atoms with Crippen molar-refractivity contribution in [3.8, 4) is 17.2 Å². The molecule has 69 heavy (non-hydrogen) atoms. The number of carbonyl (C=O) groups is 3. The Kier molecular flexibility index (Phi) is 17.1. The van der Waals surface area contributed by atoms with E-state index in [1.165, 1.54) is 24.4 Å². The molecule has 17 heteroatoms. The van der Waals surface area contributed by atoms with Gasteiger partial charge < -0.3 is 55.6 Å². The summed E-state index contributed by atoms with van der Waals surface area (Å²) in [6.45, 7) is 24.6. The lowest BCUT2D eigenvalue weighted by molar-refractivity contribution is -0.159. The monoisotopic (exact) mass is 960 g/mol. The molecule has 1 spiro atoms. The number of phenolic OH excluding ortho intramolecular Hbond substituents is 2. The van der Waals surface area contributed by atoms with Crippen LogP contribution < -0.4 is 32.3 Å². The number of hydrogen-bond acceptors (Lipinski definition) is 16. The van der Waals surface area contributed by atoms with Gasteiger partial charge in [0.1, 0.15) is 35.2 Å². The van der Waals surface area contributed by atoms with Gasteiger partial charge >= 0.3 is 11.8 Å². The molecule has 5 heterocycles. The van der Waals surface area contributed by atoms with Crippen molar-refractivity contribution in [3.63, 3.8) is 0 Å². The number of nitrogens with zero attached hydrogens (tertiary/aromatic N) is 4. The summed E-state index contributed by atoms with van der Waals surface area (Å²) >= 11 is 0. The number of hydrazine groups is 1. The summed E-state index contributed by atoms with van der Waals surface area (Å²) in [4.78, 5) is 55.0. The van der Waals surface area contributed by atoms with Gasteiger partial charge in [-0.2, -0.15) is 0 Å². The van der Waals surface area contributed by atoms with E-state index in [0.717, 1.165) is 26.7 Å². The van der Waals surface area contributed by atoms with Crippen LogP contribution >= 0.6 is 0 Å². The smallest absolute Gasteiger partial charge is 0.327 e. The molecule has 1 amide bonds. The topological polar surface area (TPSA) is 255 Å². The Labute approximate surface area is 406 Å². The molecule has 1 saturated heterocycles. The Morgan fingerprint density at radius 1 is 1.04 bits per heavy atom. The summed E-state index contributed by atoms with van der Waals surface area (Å²) in [6.07, 6.45) is 10.3. The minimum Gasteiger partial charge on any atom is -0.507 e. The van der Waals surface area contributed by atoms with Crippen LogP contribution in [0.3, 0.4) is 0 Å². The van der Waals surface area contributed by atoms with Crippen LogP contribution in [0.5, 0.6) is 17.2 Å². The number of ether oxygens (including phenoxy) is 3. The molecule has 0 saturated carbocycles. The van der Waals surface area contributed by atoms with Crippen LogP contribution in [0.2, 0.25) is 0 Å². The molecule has 2 aromatic carbocycles. The fourth-order valence-corrected chi connectivity index (χ4v) is 9.56. The molecule has 0 aliphatic carbocycles. The Bertz CT molecular complexity index is 2520. The summed E-state index contributed by atoms with van der Waals surface area (Å²) < 4.78 is 18.6. The van der Waals surface area contributed by atoms with Crippen molar-refractivity contribution in [1.29, 1.82) is 0 Å². The maximum atomic E-state index is 14.8. The molecule has 7 atom stereocenters. The van der Waals surface area contributed by atoms with Crippen LogP contribution in [-0.2, 0) is 19.1 Å². The first kappa shape index (κ1) is 54.5. The zero-order chi connectivity index (χ0) is 51.5. The molecule has 5 aliphatic rings. The molecule has 0 aromatic heterocycles. The third kappa shape index (κ3) is 11.8. The number of Topliss-reactive ketones (excluding diaryl/α,β-unsaturated/α-hetero) is 1. The number of hydrogen-bond donors (Lipinski definition) is 7. The third-order valence-corrected chi connectivity index (χ3v) is 13.7. The second kappa shape index (κ2) is 21.7. The highest BCUT2D eigenvalue weighted by Crippen LogP contribution is 2.50. The van der Waals surface area contributed by atoms with E-state index in [4.69, 9.17) is 40.9 Å². The first-order chi connectivity index (χ1) is 32.3. The van der Waals surface area contributed by atoms with Crippen molar-refractivity contribution < 1.29 is 49.0 Å². The quantitative estimate of drug-likeness (QED) is 0.0787. The molecule has 0 radical (unpaired) electrons. The molecule has 17 nitrogen and oxygen atoms in total. The molecule has 7 rings (SSSR count). The van der Waals surface area contributed by atoms with Crippen LogP contribution in [0.15, 0.2) is 58.0 Å². The Balaban J connectivity index is 0.00000438. The Hall–Kier alpha value is -5.49. The molecular formula is C52H77N7O10. The van der Waals surface area contributed by atoms with Gasteiger partial charge in [-0.3, -0.25) is 24.4 Å². The summed E-state index contributed by atoms with van der Waals surface area (Å²) in [5.74, 6) is 1.19. The van der Waals surface area contributed by atoms with E-state index in [1.54, 1.807) is 32.1 Å². The van der Waals surface area contributed by atoms with Crippen molar-refractivity contribution in [2.24, 2.45) is 56.6 Å². The zero-order valence-electron chi connectivity index (χ0n) is 42.8. The predicted octanol–water partition coefficient (Wildman–Crippen LogP) is 5.76. The molecule has 5 aliphatic heterocycles. The number of aliphatic hydroxyl groups is 2. The molecule has 2 unspecified atom stereocenters.